The topological polar surface area (TPSA) is 47.9 Å². The smallest absolute Gasteiger partial charge is 0.227 e. The van der Waals surface area contributed by atoms with Crippen LogP contribution in [0.3, 0.4) is 0 Å². The highest BCUT2D eigenvalue weighted by Gasteiger charge is 2.20. The van der Waals surface area contributed by atoms with Gasteiger partial charge in [0.1, 0.15) is 5.82 Å². The molecule has 0 unspecified atom stereocenters. The Labute approximate surface area is 132 Å². The van der Waals surface area contributed by atoms with Crippen LogP contribution in [0.5, 0.6) is 0 Å². The fourth-order valence-corrected chi connectivity index (χ4v) is 3.16. The van der Waals surface area contributed by atoms with E-state index in [1.807, 2.05) is 13.4 Å². The molecule has 0 aliphatic carbocycles. The average molecular weight is 302 g/mol. The lowest BCUT2D eigenvalue weighted by Crippen LogP contribution is -2.46. The fraction of sp³-hybridized carbons (Fsp3) is 0.688. The van der Waals surface area contributed by atoms with Gasteiger partial charge < -0.3 is 14.7 Å². The van der Waals surface area contributed by atoms with E-state index in [4.69, 9.17) is 4.98 Å². The molecule has 2 fully saturated rings. The predicted octanol–water partition coefficient (Wildman–Crippen LogP) is 1.56. The van der Waals surface area contributed by atoms with E-state index in [1.165, 1.54) is 19.3 Å². The van der Waals surface area contributed by atoms with E-state index in [9.17, 15) is 0 Å². The van der Waals surface area contributed by atoms with E-state index < -0.39 is 0 Å². The van der Waals surface area contributed by atoms with Crippen molar-refractivity contribution in [3.05, 3.63) is 11.8 Å². The minimum atomic E-state index is 0.883. The minimum Gasteiger partial charge on any atom is -0.359 e. The van der Waals surface area contributed by atoms with E-state index in [1.54, 1.807) is 0 Å². The van der Waals surface area contributed by atoms with Crippen molar-refractivity contribution in [3.8, 4) is 0 Å². The average Bonchev–Trinajstić information content (AvgIpc) is 2.56. The molecule has 0 N–H and O–H groups in total. The lowest BCUT2D eigenvalue weighted by atomic mass is 10.1. The summed E-state index contributed by atoms with van der Waals surface area (Å²) in [7, 11) is 1.82. The van der Waals surface area contributed by atoms with Gasteiger partial charge >= 0.3 is 0 Å². The number of aliphatic imine (C=N–C) groups is 1. The molecule has 0 aromatic carbocycles. The third-order valence-corrected chi connectivity index (χ3v) is 4.38. The van der Waals surface area contributed by atoms with Gasteiger partial charge in [0.2, 0.25) is 5.95 Å². The molecular weight excluding hydrogens is 276 g/mol. The molecule has 120 valence electrons. The van der Waals surface area contributed by atoms with Gasteiger partial charge in [0.15, 0.2) is 0 Å². The number of anilines is 2. The summed E-state index contributed by atoms with van der Waals surface area (Å²) in [4.78, 5) is 20.5. The van der Waals surface area contributed by atoms with E-state index in [0.29, 0.717) is 0 Å². The molecule has 0 spiro atoms. The van der Waals surface area contributed by atoms with Crippen molar-refractivity contribution >= 4 is 18.1 Å². The number of aryl methyl sites for hydroxylation is 1. The maximum Gasteiger partial charge on any atom is 0.227 e. The third kappa shape index (κ3) is 3.48. The van der Waals surface area contributed by atoms with Crippen LogP contribution in [0, 0.1) is 6.92 Å². The Hall–Kier alpha value is -1.85. The predicted molar refractivity (Wildman–Crippen MR) is 91.0 cm³/mol. The molecule has 2 saturated heterocycles. The summed E-state index contributed by atoms with van der Waals surface area (Å²) in [5.74, 6) is 1.98. The summed E-state index contributed by atoms with van der Waals surface area (Å²) >= 11 is 0. The molecule has 22 heavy (non-hydrogen) atoms. The van der Waals surface area contributed by atoms with Crippen LogP contribution in [0.25, 0.3) is 0 Å². The van der Waals surface area contributed by atoms with Crippen molar-refractivity contribution in [2.75, 3.05) is 56.1 Å². The van der Waals surface area contributed by atoms with E-state index in [-0.39, 0.29) is 0 Å². The molecule has 6 heteroatoms. The van der Waals surface area contributed by atoms with Crippen LogP contribution in [-0.2, 0) is 0 Å². The van der Waals surface area contributed by atoms with Crippen LogP contribution in [0.15, 0.2) is 11.1 Å². The summed E-state index contributed by atoms with van der Waals surface area (Å²) in [6, 6.07) is 2.12. The molecule has 0 bridgehead atoms. The summed E-state index contributed by atoms with van der Waals surface area (Å²) in [6.45, 7) is 8.18. The lowest BCUT2D eigenvalue weighted by molar-refractivity contribution is 0.392. The summed E-state index contributed by atoms with van der Waals surface area (Å²) in [6.07, 6.45) is 5.81. The van der Waals surface area contributed by atoms with Crippen LogP contribution in [-0.4, -0.2) is 67.5 Å². The number of aromatic nitrogens is 2. The van der Waals surface area contributed by atoms with Gasteiger partial charge in [-0.25, -0.2) is 4.98 Å². The van der Waals surface area contributed by atoms with Crippen LogP contribution >= 0.6 is 0 Å². The standard InChI is InChI=1S/C16H26N6/c1-14-12-15(21-6-4-3-5-7-21)19-16(18-14)22-10-8-20(9-11-22)13-17-2/h12-13H,3-11H2,1-2H3. The van der Waals surface area contributed by atoms with Crippen LogP contribution < -0.4 is 9.80 Å². The van der Waals surface area contributed by atoms with Crippen molar-refractivity contribution in [2.45, 2.75) is 26.2 Å². The van der Waals surface area contributed by atoms with Gasteiger partial charge in [0.25, 0.3) is 0 Å². The zero-order valence-corrected chi connectivity index (χ0v) is 13.7. The lowest BCUT2D eigenvalue weighted by Gasteiger charge is -2.34. The summed E-state index contributed by atoms with van der Waals surface area (Å²) in [5, 5.41) is 0. The Morgan fingerprint density at radius 1 is 0.955 bits per heavy atom. The molecule has 6 nitrogen and oxygen atoms in total. The fourth-order valence-electron chi connectivity index (χ4n) is 3.16. The van der Waals surface area contributed by atoms with Gasteiger partial charge in [-0.05, 0) is 26.2 Å². The SMILES string of the molecule is CN=CN1CCN(c2nc(C)cc(N3CCCCC3)n2)CC1. The Morgan fingerprint density at radius 2 is 1.68 bits per heavy atom. The number of rotatable bonds is 3. The first kappa shape index (κ1) is 15.1. The molecule has 0 saturated carbocycles. The zero-order valence-electron chi connectivity index (χ0n) is 13.7. The van der Waals surface area contributed by atoms with E-state index in [0.717, 1.165) is 56.7 Å². The molecule has 0 radical (unpaired) electrons. The van der Waals surface area contributed by atoms with Crippen LogP contribution in [0.4, 0.5) is 11.8 Å². The van der Waals surface area contributed by atoms with Gasteiger partial charge in [0.05, 0.1) is 6.34 Å². The van der Waals surface area contributed by atoms with Gasteiger partial charge in [-0.1, -0.05) is 0 Å². The summed E-state index contributed by atoms with van der Waals surface area (Å²) in [5.41, 5.74) is 1.06. The first-order valence-electron chi connectivity index (χ1n) is 8.28. The van der Waals surface area contributed by atoms with Gasteiger partial charge in [-0.3, -0.25) is 4.99 Å². The molecule has 3 heterocycles. The molecule has 0 amide bonds. The van der Waals surface area contributed by atoms with E-state index >= 15 is 0 Å². The van der Waals surface area contributed by atoms with Crippen LogP contribution in [0.1, 0.15) is 25.0 Å². The number of piperidine rings is 1. The molecule has 1 aromatic rings. The third-order valence-electron chi connectivity index (χ3n) is 4.38. The monoisotopic (exact) mass is 302 g/mol. The Morgan fingerprint density at radius 3 is 2.36 bits per heavy atom. The minimum absolute atomic E-state index is 0.883. The number of hydrogen-bond acceptors (Lipinski definition) is 5. The van der Waals surface area contributed by atoms with Crippen molar-refractivity contribution in [1.29, 1.82) is 0 Å². The van der Waals surface area contributed by atoms with Crippen molar-refractivity contribution in [1.82, 2.24) is 14.9 Å². The molecular formula is C16H26N6. The quantitative estimate of drug-likeness (QED) is 0.626. The molecule has 2 aliphatic heterocycles. The second kappa shape index (κ2) is 6.94. The number of piperazine rings is 1. The first-order chi connectivity index (χ1) is 10.8. The largest absolute Gasteiger partial charge is 0.359 e. The van der Waals surface area contributed by atoms with Crippen molar-refractivity contribution in [2.24, 2.45) is 4.99 Å². The second-order valence-corrected chi connectivity index (χ2v) is 6.11. The maximum absolute atomic E-state index is 4.84. The van der Waals surface area contributed by atoms with Gasteiger partial charge in [-0.2, -0.15) is 4.98 Å². The summed E-state index contributed by atoms with van der Waals surface area (Å²) < 4.78 is 0. The molecule has 3 rings (SSSR count). The Balaban J connectivity index is 1.72. The zero-order chi connectivity index (χ0) is 15.4. The number of hydrogen-bond donors (Lipinski definition) is 0. The van der Waals surface area contributed by atoms with E-state index in [2.05, 4.69) is 37.7 Å². The van der Waals surface area contributed by atoms with Crippen molar-refractivity contribution < 1.29 is 0 Å². The molecule has 2 aliphatic rings. The highest BCUT2D eigenvalue weighted by molar-refractivity contribution is 5.55. The number of nitrogens with zero attached hydrogens (tertiary/aromatic N) is 6. The highest BCUT2D eigenvalue weighted by Crippen LogP contribution is 2.21. The Kier molecular flexibility index (Phi) is 4.75. The Bertz CT molecular complexity index is 515. The maximum atomic E-state index is 4.84. The normalized spacial score (nSPS) is 20.0. The van der Waals surface area contributed by atoms with Crippen LogP contribution in [0.2, 0.25) is 0 Å². The highest BCUT2D eigenvalue weighted by atomic mass is 15.3. The molecule has 0 atom stereocenters. The van der Waals surface area contributed by atoms with Crippen molar-refractivity contribution in [3.63, 3.8) is 0 Å². The first-order valence-corrected chi connectivity index (χ1v) is 8.28. The second-order valence-electron chi connectivity index (χ2n) is 6.11. The molecule has 1 aromatic heterocycles. The van der Waals surface area contributed by atoms with Gasteiger partial charge in [0, 0.05) is 58.1 Å². The van der Waals surface area contributed by atoms with Gasteiger partial charge in [-0.15, -0.1) is 0 Å².